The van der Waals surface area contributed by atoms with Gasteiger partial charge in [-0.1, -0.05) is 47.0 Å². The van der Waals surface area contributed by atoms with Gasteiger partial charge in [-0.3, -0.25) is 14.7 Å². The number of aliphatic imine (C=N–C) groups is 1. The van der Waals surface area contributed by atoms with Gasteiger partial charge in [0.15, 0.2) is 0 Å². The zero-order valence-corrected chi connectivity index (χ0v) is 14.0. The van der Waals surface area contributed by atoms with Crippen LogP contribution in [0.4, 0.5) is 5.69 Å². The van der Waals surface area contributed by atoms with Crippen LogP contribution in [0, 0.1) is 6.92 Å². The Hall–Kier alpha value is -2.04. The van der Waals surface area contributed by atoms with E-state index in [0.717, 1.165) is 5.56 Å². The van der Waals surface area contributed by atoms with Crippen LogP contribution in [-0.4, -0.2) is 29.9 Å². The fourth-order valence-corrected chi connectivity index (χ4v) is 2.67. The molecule has 1 aliphatic rings. The lowest BCUT2D eigenvalue weighted by Gasteiger charge is -2.20. The fourth-order valence-electron chi connectivity index (χ4n) is 2.32. The minimum absolute atomic E-state index is 0.0908. The van der Waals surface area contributed by atoms with Gasteiger partial charge in [0.2, 0.25) is 5.96 Å². The molecule has 0 fully saturated rings. The summed E-state index contributed by atoms with van der Waals surface area (Å²) in [5.41, 5.74) is 2.37. The maximum atomic E-state index is 12.7. The van der Waals surface area contributed by atoms with Crippen LogP contribution in [0.3, 0.4) is 0 Å². The molecule has 3 rings (SSSR count). The second kappa shape index (κ2) is 6.60. The third-order valence-corrected chi connectivity index (χ3v) is 4.40. The Morgan fingerprint density at radius 2 is 1.91 bits per heavy atom. The molecule has 0 unspecified atom stereocenters. The Bertz CT molecular complexity index is 772. The van der Waals surface area contributed by atoms with Crippen LogP contribution in [-0.2, 0) is 0 Å². The average Bonchev–Trinajstić information content (AvgIpc) is 3.00. The molecular formula is C17H15Cl2N3O. The lowest BCUT2D eigenvalue weighted by molar-refractivity contribution is 0.0858. The van der Waals surface area contributed by atoms with Crippen molar-refractivity contribution >= 4 is 40.8 Å². The normalized spacial score (nSPS) is 13.9. The average molecular weight is 348 g/mol. The summed E-state index contributed by atoms with van der Waals surface area (Å²) in [6, 6.07) is 12.8. The molecule has 1 N–H and O–H groups in total. The summed E-state index contributed by atoms with van der Waals surface area (Å²) >= 11 is 12.2. The van der Waals surface area contributed by atoms with Crippen molar-refractivity contribution < 1.29 is 4.79 Å². The zero-order chi connectivity index (χ0) is 16.4. The molecule has 0 radical (unpaired) electrons. The molecular weight excluding hydrogens is 333 g/mol. The van der Waals surface area contributed by atoms with Crippen LogP contribution in [0.5, 0.6) is 0 Å². The number of amides is 1. The largest absolute Gasteiger partial charge is 0.324 e. The molecule has 2 aromatic carbocycles. The zero-order valence-electron chi connectivity index (χ0n) is 12.5. The minimum atomic E-state index is -0.0908. The highest BCUT2D eigenvalue weighted by Crippen LogP contribution is 2.30. The maximum absolute atomic E-state index is 12.7. The lowest BCUT2D eigenvalue weighted by Crippen LogP contribution is -2.38. The molecule has 0 aliphatic carbocycles. The number of rotatable bonds is 2. The molecule has 1 aliphatic heterocycles. The highest BCUT2D eigenvalue weighted by molar-refractivity contribution is 6.44. The summed E-state index contributed by atoms with van der Waals surface area (Å²) in [4.78, 5) is 18.6. The number of carbonyl (C=O) groups excluding carboxylic acids is 1. The topological polar surface area (TPSA) is 44.7 Å². The van der Waals surface area contributed by atoms with Gasteiger partial charge in [-0.2, -0.15) is 0 Å². The molecule has 118 valence electrons. The highest BCUT2D eigenvalue weighted by Gasteiger charge is 2.25. The van der Waals surface area contributed by atoms with Crippen LogP contribution in [0.25, 0.3) is 0 Å². The predicted molar refractivity (Wildman–Crippen MR) is 94.6 cm³/mol. The van der Waals surface area contributed by atoms with Gasteiger partial charge < -0.3 is 5.32 Å². The molecule has 4 nitrogen and oxygen atoms in total. The Morgan fingerprint density at radius 3 is 2.65 bits per heavy atom. The van der Waals surface area contributed by atoms with Gasteiger partial charge in [0.1, 0.15) is 0 Å². The Balaban J connectivity index is 1.81. The Labute approximate surface area is 144 Å². The third-order valence-electron chi connectivity index (χ3n) is 3.58. The van der Waals surface area contributed by atoms with Crippen molar-refractivity contribution in [2.45, 2.75) is 6.92 Å². The van der Waals surface area contributed by atoms with E-state index in [4.69, 9.17) is 23.2 Å². The van der Waals surface area contributed by atoms with Crippen molar-refractivity contribution in [3.8, 4) is 0 Å². The molecule has 0 aromatic heterocycles. The number of nitrogens with zero attached hydrogens (tertiary/aromatic N) is 2. The number of guanidine groups is 1. The number of halogens is 2. The number of carbonyl (C=O) groups is 1. The summed E-state index contributed by atoms with van der Waals surface area (Å²) in [7, 11) is 0. The fraction of sp³-hybridized carbons (Fsp3) is 0.176. The minimum Gasteiger partial charge on any atom is -0.324 e. The molecule has 23 heavy (non-hydrogen) atoms. The van der Waals surface area contributed by atoms with Crippen LogP contribution in [0.15, 0.2) is 47.5 Å². The van der Waals surface area contributed by atoms with Gasteiger partial charge >= 0.3 is 0 Å². The summed E-state index contributed by atoms with van der Waals surface area (Å²) in [5.74, 6) is 0.395. The van der Waals surface area contributed by atoms with E-state index < -0.39 is 0 Å². The molecule has 6 heteroatoms. The second-order valence-corrected chi connectivity index (χ2v) is 6.04. The van der Waals surface area contributed by atoms with Crippen molar-refractivity contribution in [3.63, 3.8) is 0 Å². The molecule has 0 spiro atoms. The van der Waals surface area contributed by atoms with Crippen molar-refractivity contribution in [3.05, 3.63) is 63.6 Å². The molecule has 0 saturated carbocycles. The number of benzene rings is 2. The number of hydrogen-bond donors (Lipinski definition) is 1. The van der Waals surface area contributed by atoms with Gasteiger partial charge in [0.05, 0.1) is 22.3 Å². The molecule has 2 aromatic rings. The first kappa shape index (κ1) is 15.8. The molecule has 0 saturated heterocycles. The first-order chi connectivity index (χ1) is 11.1. The molecule has 0 atom stereocenters. The van der Waals surface area contributed by atoms with E-state index in [2.05, 4.69) is 10.3 Å². The van der Waals surface area contributed by atoms with Gasteiger partial charge in [0, 0.05) is 12.1 Å². The number of anilines is 1. The van der Waals surface area contributed by atoms with Crippen LogP contribution < -0.4 is 5.32 Å². The van der Waals surface area contributed by atoms with E-state index in [1.54, 1.807) is 23.1 Å². The monoisotopic (exact) mass is 347 g/mol. The summed E-state index contributed by atoms with van der Waals surface area (Å²) < 4.78 is 0. The SMILES string of the molecule is Cc1ccc(C(=O)N2CCN=C2Nc2cccc(Cl)c2Cl)cc1. The first-order valence-corrected chi connectivity index (χ1v) is 7.96. The van der Waals surface area contributed by atoms with Gasteiger partial charge in [0.25, 0.3) is 5.91 Å². The number of aryl methyl sites for hydroxylation is 1. The predicted octanol–water partition coefficient (Wildman–Crippen LogP) is 4.23. The van der Waals surface area contributed by atoms with E-state index in [0.29, 0.717) is 40.3 Å². The first-order valence-electron chi connectivity index (χ1n) is 7.20. The Morgan fingerprint density at radius 1 is 1.17 bits per heavy atom. The van der Waals surface area contributed by atoms with E-state index in [-0.39, 0.29) is 5.91 Å². The molecule has 1 heterocycles. The standard InChI is InChI=1S/C17H15Cl2N3O/c1-11-5-7-12(8-6-11)16(23)22-10-9-20-17(22)21-14-4-2-3-13(18)15(14)19/h2-8H,9-10H2,1H3,(H,20,21). The van der Waals surface area contributed by atoms with Crippen LogP contribution in [0.1, 0.15) is 15.9 Å². The van der Waals surface area contributed by atoms with Gasteiger partial charge in [-0.15, -0.1) is 0 Å². The van der Waals surface area contributed by atoms with Gasteiger partial charge in [-0.25, -0.2) is 0 Å². The number of nitrogens with one attached hydrogen (secondary N) is 1. The lowest BCUT2D eigenvalue weighted by atomic mass is 10.1. The molecule has 0 bridgehead atoms. The quantitative estimate of drug-likeness (QED) is 0.883. The third kappa shape index (κ3) is 3.33. The van der Waals surface area contributed by atoms with E-state index in [1.165, 1.54) is 0 Å². The van der Waals surface area contributed by atoms with Gasteiger partial charge in [-0.05, 0) is 31.2 Å². The highest BCUT2D eigenvalue weighted by atomic mass is 35.5. The maximum Gasteiger partial charge on any atom is 0.260 e. The Kier molecular flexibility index (Phi) is 4.55. The number of hydrogen-bond acceptors (Lipinski definition) is 3. The molecule has 1 amide bonds. The summed E-state index contributed by atoms with van der Waals surface area (Å²) in [6.45, 7) is 3.07. The second-order valence-electron chi connectivity index (χ2n) is 5.25. The van der Waals surface area contributed by atoms with Crippen molar-refractivity contribution in [1.82, 2.24) is 4.90 Å². The van der Waals surface area contributed by atoms with Crippen molar-refractivity contribution in [2.75, 3.05) is 18.4 Å². The summed E-state index contributed by atoms with van der Waals surface area (Å²) in [5, 5.41) is 3.96. The van der Waals surface area contributed by atoms with Crippen molar-refractivity contribution in [2.24, 2.45) is 4.99 Å². The van der Waals surface area contributed by atoms with E-state index in [1.807, 2.05) is 31.2 Å². The summed E-state index contributed by atoms with van der Waals surface area (Å²) in [6.07, 6.45) is 0. The van der Waals surface area contributed by atoms with Crippen LogP contribution >= 0.6 is 23.2 Å². The van der Waals surface area contributed by atoms with Crippen LogP contribution in [0.2, 0.25) is 10.0 Å². The smallest absolute Gasteiger partial charge is 0.260 e. The van der Waals surface area contributed by atoms with E-state index >= 15 is 0 Å². The van der Waals surface area contributed by atoms with Crippen molar-refractivity contribution in [1.29, 1.82) is 0 Å². The van der Waals surface area contributed by atoms with E-state index in [9.17, 15) is 4.79 Å².